The van der Waals surface area contributed by atoms with Crippen molar-refractivity contribution in [2.75, 3.05) is 0 Å². The van der Waals surface area contributed by atoms with Crippen molar-refractivity contribution < 1.29 is 0 Å². The topological polar surface area (TPSA) is 23.9 Å². The second kappa shape index (κ2) is 2.45. The molecule has 1 aromatic rings. The summed E-state index contributed by atoms with van der Waals surface area (Å²) in [5.74, 6) is 0. The summed E-state index contributed by atoms with van der Waals surface area (Å²) in [4.78, 5) is 0. The summed E-state index contributed by atoms with van der Waals surface area (Å²) in [7, 11) is 0. The average Bonchev–Trinajstić information content (AvgIpc) is 2.33. The van der Waals surface area contributed by atoms with E-state index in [1.807, 2.05) is 12.1 Å². The van der Waals surface area contributed by atoms with Crippen molar-refractivity contribution in [2.24, 2.45) is 0 Å². The van der Waals surface area contributed by atoms with Gasteiger partial charge >= 0.3 is 0 Å². The first kappa shape index (κ1) is 7.04. The maximum absolute atomic E-state index is 7.61. The van der Waals surface area contributed by atoms with Crippen LogP contribution in [0.4, 0.5) is 0 Å². The Balaban J connectivity index is 2.60. The minimum atomic E-state index is 0.779. The molecule has 0 unspecified atom stereocenters. The molecule has 56 valence electrons. The molecule has 0 saturated carbocycles. The first-order valence-electron chi connectivity index (χ1n) is 3.63. The molecule has 0 aromatic heterocycles. The quantitative estimate of drug-likeness (QED) is 0.680. The second-order valence-corrected chi connectivity index (χ2v) is 3.70. The Kier molecular flexibility index (Phi) is 1.57. The van der Waals surface area contributed by atoms with E-state index in [-0.39, 0.29) is 0 Å². The third-order valence-electron chi connectivity index (χ3n) is 2.04. The van der Waals surface area contributed by atoms with E-state index in [9.17, 15) is 0 Å². The molecule has 0 radical (unpaired) electrons. The summed E-state index contributed by atoms with van der Waals surface area (Å²) in [5, 5.41) is 7.61. The highest BCUT2D eigenvalue weighted by atomic mass is 79.9. The van der Waals surface area contributed by atoms with Gasteiger partial charge in [-0.3, -0.25) is 0 Å². The highest BCUT2D eigenvalue weighted by Gasteiger charge is 2.15. The predicted octanol–water partition coefficient (Wildman–Crippen LogP) is 2.76. The summed E-state index contributed by atoms with van der Waals surface area (Å²) in [6.07, 6.45) is 1.95. The molecule has 0 amide bonds. The van der Waals surface area contributed by atoms with E-state index in [4.69, 9.17) is 5.41 Å². The third kappa shape index (κ3) is 1.11. The number of benzene rings is 1. The van der Waals surface area contributed by atoms with Gasteiger partial charge in [0.2, 0.25) is 0 Å². The average molecular weight is 210 g/mol. The van der Waals surface area contributed by atoms with Crippen LogP contribution in [-0.2, 0) is 6.42 Å². The first-order valence-corrected chi connectivity index (χ1v) is 4.43. The van der Waals surface area contributed by atoms with Gasteiger partial charge in [-0.15, -0.1) is 0 Å². The van der Waals surface area contributed by atoms with Gasteiger partial charge in [-0.05, 0) is 36.1 Å². The van der Waals surface area contributed by atoms with E-state index in [2.05, 4.69) is 22.0 Å². The van der Waals surface area contributed by atoms with Crippen LogP contribution >= 0.6 is 15.9 Å². The van der Waals surface area contributed by atoms with Crippen LogP contribution in [-0.4, -0.2) is 5.71 Å². The lowest BCUT2D eigenvalue weighted by Gasteiger charge is -1.97. The number of hydrogen-bond donors (Lipinski definition) is 1. The Morgan fingerprint density at radius 2 is 2.09 bits per heavy atom. The van der Waals surface area contributed by atoms with Gasteiger partial charge in [0.15, 0.2) is 0 Å². The molecule has 0 fully saturated rings. The fourth-order valence-corrected chi connectivity index (χ4v) is 1.80. The normalized spacial score (nSPS) is 15.2. The number of aryl methyl sites for hydroxylation is 1. The minimum absolute atomic E-state index is 0.779. The van der Waals surface area contributed by atoms with Crippen molar-refractivity contribution in [3.63, 3.8) is 0 Å². The van der Waals surface area contributed by atoms with Gasteiger partial charge in [0, 0.05) is 10.2 Å². The molecule has 1 nitrogen and oxygen atoms in total. The molecule has 11 heavy (non-hydrogen) atoms. The number of fused-ring (bicyclic) bond motifs is 1. The smallest absolute Gasteiger partial charge is 0.0392 e. The van der Waals surface area contributed by atoms with Gasteiger partial charge in [-0.1, -0.05) is 22.0 Å². The van der Waals surface area contributed by atoms with Crippen molar-refractivity contribution in [3.8, 4) is 0 Å². The molecule has 1 N–H and O–H groups in total. The number of rotatable bonds is 0. The zero-order valence-corrected chi connectivity index (χ0v) is 7.61. The zero-order chi connectivity index (χ0) is 7.84. The lowest BCUT2D eigenvalue weighted by atomic mass is 10.1. The molecule has 1 aliphatic carbocycles. The lowest BCUT2D eigenvalue weighted by Crippen LogP contribution is -1.90. The van der Waals surface area contributed by atoms with Crippen LogP contribution in [0.5, 0.6) is 0 Å². The second-order valence-electron chi connectivity index (χ2n) is 2.78. The Hall–Kier alpha value is -0.630. The molecule has 1 aliphatic rings. The predicted molar refractivity (Wildman–Crippen MR) is 49.3 cm³/mol. The van der Waals surface area contributed by atoms with Crippen molar-refractivity contribution in [1.82, 2.24) is 0 Å². The summed E-state index contributed by atoms with van der Waals surface area (Å²) in [5.41, 5.74) is 3.22. The highest BCUT2D eigenvalue weighted by molar-refractivity contribution is 9.10. The lowest BCUT2D eigenvalue weighted by molar-refractivity contribution is 1.09. The largest absolute Gasteiger partial charge is 0.305 e. The number of hydrogen-bond acceptors (Lipinski definition) is 1. The Bertz CT molecular complexity index is 317. The molecule has 0 saturated heterocycles. The molecule has 0 heterocycles. The van der Waals surface area contributed by atoms with Gasteiger partial charge in [0.25, 0.3) is 0 Å². The van der Waals surface area contributed by atoms with Crippen molar-refractivity contribution in [3.05, 3.63) is 33.8 Å². The van der Waals surface area contributed by atoms with Gasteiger partial charge in [0.1, 0.15) is 0 Å². The zero-order valence-electron chi connectivity index (χ0n) is 6.02. The summed E-state index contributed by atoms with van der Waals surface area (Å²) >= 11 is 3.40. The molecular formula is C9H8BrN. The summed E-state index contributed by atoms with van der Waals surface area (Å²) in [6, 6.07) is 6.17. The maximum Gasteiger partial charge on any atom is 0.0392 e. The van der Waals surface area contributed by atoms with E-state index in [0.717, 1.165) is 28.6 Å². The summed E-state index contributed by atoms with van der Waals surface area (Å²) in [6.45, 7) is 0. The van der Waals surface area contributed by atoms with Crippen LogP contribution in [0.15, 0.2) is 22.7 Å². The number of nitrogens with one attached hydrogen (secondary N) is 1. The van der Waals surface area contributed by atoms with Crippen LogP contribution in [0.1, 0.15) is 17.5 Å². The molecule has 2 heteroatoms. The fraction of sp³-hybridized carbons (Fsp3) is 0.222. The Morgan fingerprint density at radius 1 is 1.27 bits per heavy atom. The summed E-state index contributed by atoms with van der Waals surface area (Å²) < 4.78 is 1.07. The van der Waals surface area contributed by atoms with E-state index in [1.54, 1.807) is 0 Å². The van der Waals surface area contributed by atoms with Crippen LogP contribution < -0.4 is 0 Å². The fourth-order valence-electron chi connectivity index (χ4n) is 1.44. The standard InChI is InChI=1S/C9H8BrN/c10-7-3-1-6-2-4-9(11)8(6)5-7/h1,3,5,11H,2,4H2. The minimum Gasteiger partial charge on any atom is -0.305 e. The van der Waals surface area contributed by atoms with E-state index in [0.29, 0.717) is 0 Å². The maximum atomic E-state index is 7.61. The molecule has 1 aromatic carbocycles. The Labute approximate surface area is 74.1 Å². The SMILES string of the molecule is N=C1CCc2ccc(Br)cc21. The van der Waals surface area contributed by atoms with Crippen LogP contribution in [0.25, 0.3) is 0 Å². The number of halogens is 1. The monoisotopic (exact) mass is 209 g/mol. The van der Waals surface area contributed by atoms with E-state index < -0.39 is 0 Å². The van der Waals surface area contributed by atoms with Crippen molar-refractivity contribution >= 4 is 21.6 Å². The molecule has 0 aliphatic heterocycles. The molecular weight excluding hydrogens is 202 g/mol. The van der Waals surface area contributed by atoms with Gasteiger partial charge in [-0.25, -0.2) is 0 Å². The van der Waals surface area contributed by atoms with Crippen molar-refractivity contribution in [2.45, 2.75) is 12.8 Å². The van der Waals surface area contributed by atoms with Crippen LogP contribution in [0.3, 0.4) is 0 Å². The highest BCUT2D eigenvalue weighted by Crippen LogP contribution is 2.24. The van der Waals surface area contributed by atoms with E-state index >= 15 is 0 Å². The Morgan fingerprint density at radius 3 is 2.91 bits per heavy atom. The molecule has 2 rings (SSSR count). The molecule has 0 bridgehead atoms. The van der Waals surface area contributed by atoms with Gasteiger partial charge in [0.05, 0.1) is 0 Å². The van der Waals surface area contributed by atoms with Crippen LogP contribution in [0, 0.1) is 5.41 Å². The molecule has 0 atom stereocenters. The molecule has 0 spiro atoms. The third-order valence-corrected chi connectivity index (χ3v) is 2.53. The van der Waals surface area contributed by atoms with Gasteiger partial charge < -0.3 is 5.41 Å². The van der Waals surface area contributed by atoms with Crippen LogP contribution in [0.2, 0.25) is 0 Å². The van der Waals surface area contributed by atoms with Crippen molar-refractivity contribution in [1.29, 1.82) is 5.41 Å². The first-order chi connectivity index (χ1) is 5.27. The van der Waals surface area contributed by atoms with E-state index in [1.165, 1.54) is 5.56 Å². The van der Waals surface area contributed by atoms with Gasteiger partial charge in [-0.2, -0.15) is 0 Å².